The molecule has 1 aromatic carbocycles. The number of carbonyl (C=O) groups excluding carboxylic acids is 1. The van der Waals surface area contributed by atoms with Gasteiger partial charge in [0.1, 0.15) is 0 Å². The number of fused-ring (bicyclic) bond motifs is 1. The molecule has 114 valence electrons. The number of H-pyrrole nitrogens is 1. The Bertz CT molecular complexity index is 646. The average molecular weight is 298 g/mol. The number of rotatable bonds is 4. The maximum absolute atomic E-state index is 12.2. The first-order valence-electron chi connectivity index (χ1n) is 6.65. The smallest absolute Gasteiger partial charge is 0.358 e. The van der Waals surface area contributed by atoms with Gasteiger partial charge in [0.25, 0.3) is 0 Å². The molecule has 0 unspecified atom stereocenters. The van der Waals surface area contributed by atoms with E-state index in [1.54, 1.807) is 0 Å². The zero-order valence-corrected chi connectivity index (χ0v) is 11.9. The van der Waals surface area contributed by atoms with Crippen molar-refractivity contribution in [2.24, 2.45) is 0 Å². The number of benzene rings is 1. The number of aromatic amines is 1. The highest BCUT2D eigenvalue weighted by atomic mass is 19.4. The van der Waals surface area contributed by atoms with Crippen molar-refractivity contribution >= 4 is 16.8 Å². The van der Waals surface area contributed by atoms with Crippen LogP contribution in [0.2, 0.25) is 0 Å². The Kier molecular flexibility index (Phi) is 4.25. The predicted octanol–water partition coefficient (Wildman–Crippen LogP) is 3.43. The summed E-state index contributed by atoms with van der Waals surface area (Å²) in [5, 5.41) is 0.938. The molecule has 0 atom stereocenters. The molecule has 0 radical (unpaired) electrons. The lowest BCUT2D eigenvalue weighted by Gasteiger charge is -2.18. The number of carbonyl (C=O) groups is 1. The summed E-state index contributed by atoms with van der Waals surface area (Å²) < 4.78 is 36.6. The van der Waals surface area contributed by atoms with Crippen LogP contribution >= 0.6 is 0 Å². The van der Waals surface area contributed by atoms with Crippen LogP contribution in [0.1, 0.15) is 17.7 Å². The zero-order valence-electron chi connectivity index (χ0n) is 11.9. The van der Waals surface area contributed by atoms with Crippen LogP contribution in [0.3, 0.4) is 0 Å². The zero-order chi connectivity index (χ0) is 15.6. The Morgan fingerprint density at radius 2 is 1.95 bits per heavy atom. The highest BCUT2D eigenvalue weighted by Gasteiger charge is 2.28. The van der Waals surface area contributed by atoms with Crippen LogP contribution in [0, 0.1) is 6.92 Å². The Hall–Kier alpha value is -1.98. The third-order valence-corrected chi connectivity index (χ3v) is 3.51. The van der Waals surface area contributed by atoms with Crippen LogP contribution in [0.5, 0.6) is 0 Å². The van der Waals surface area contributed by atoms with Crippen molar-refractivity contribution in [3.63, 3.8) is 0 Å². The molecule has 21 heavy (non-hydrogen) atoms. The van der Waals surface area contributed by atoms with Crippen molar-refractivity contribution in [1.82, 2.24) is 9.88 Å². The molecule has 0 aliphatic rings. The van der Waals surface area contributed by atoms with Crippen LogP contribution in [0.15, 0.2) is 24.3 Å². The van der Waals surface area contributed by atoms with E-state index in [4.69, 9.17) is 0 Å². The Morgan fingerprint density at radius 3 is 2.62 bits per heavy atom. The average Bonchev–Trinajstić information content (AvgIpc) is 2.71. The minimum atomic E-state index is -4.24. The normalized spacial score (nSPS) is 11.9. The molecule has 2 rings (SSSR count). The van der Waals surface area contributed by atoms with Gasteiger partial charge in [0, 0.05) is 30.2 Å². The van der Waals surface area contributed by atoms with E-state index >= 15 is 0 Å². The predicted molar refractivity (Wildman–Crippen MR) is 75.0 cm³/mol. The van der Waals surface area contributed by atoms with Gasteiger partial charge in [-0.1, -0.05) is 18.2 Å². The van der Waals surface area contributed by atoms with E-state index < -0.39 is 12.6 Å². The molecular weight excluding hydrogens is 281 g/mol. The molecule has 3 nitrogen and oxygen atoms in total. The molecule has 0 saturated carbocycles. The standard InChI is InChI=1S/C15H17F3N2O/c1-10-12(11-5-3-4-6-13(11)19-10)9-14(21)20(2)8-7-15(16,17)18/h3-6,19H,7-9H2,1-2H3. The maximum Gasteiger partial charge on any atom is 0.390 e. The summed E-state index contributed by atoms with van der Waals surface area (Å²) >= 11 is 0. The number of nitrogens with one attached hydrogen (secondary N) is 1. The molecule has 6 heteroatoms. The summed E-state index contributed by atoms with van der Waals surface area (Å²) in [4.78, 5) is 16.4. The van der Waals surface area contributed by atoms with E-state index in [-0.39, 0.29) is 18.9 Å². The minimum absolute atomic E-state index is 0.101. The third kappa shape index (κ3) is 3.77. The number of hydrogen-bond donors (Lipinski definition) is 1. The second-order valence-electron chi connectivity index (χ2n) is 5.13. The quantitative estimate of drug-likeness (QED) is 0.922. The highest BCUT2D eigenvalue weighted by molar-refractivity contribution is 5.90. The van der Waals surface area contributed by atoms with Crippen LogP contribution in [-0.2, 0) is 11.2 Å². The first kappa shape index (κ1) is 15.4. The van der Waals surface area contributed by atoms with Crippen molar-refractivity contribution < 1.29 is 18.0 Å². The van der Waals surface area contributed by atoms with Crippen molar-refractivity contribution in [2.75, 3.05) is 13.6 Å². The molecule has 2 aromatic rings. The number of aryl methyl sites for hydroxylation is 1. The number of amides is 1. The fourth-order valence-corrected chi connectivity index (χ4v) is 2.27. The Balaban J connectivity index is 2.09. The summed E-state index contributed by atoms with van der Waals surface area (Å²) in [7, 11) is 1.40. The number of likely N-dealkylation sites (N-methyl/N-ethyl adjacent to an activating group) is 1. The molecule has 0 fully saturated rings. The molecule has 0 aliphatic carbocycles. The lowest BCUT2D eigenvalue weighted by molar-refractivity contribution is -0.143. The van der Waals surface area contributed by atoms with Crippen molar-refractivity contribution in [3.05, 3.63) is 35.5 Å². The fourth-order valence-electron chi connectivity index (χ4n) is 2.27. The van der Waals surface area contributed by atoms with E-state index in [2.05, 4.69) is 4.98 Å². The number of para-hydroxylation sites is 1. The van der Waals surface area contributed by atoms with Crippen molar-refractivity contribution in [1.29, 1.82) is 0 Å². The summed E-state index contributed by atoms with van der Waals surface area (Å²) in [6, 6.07) is 7.57. The Morgan fingerprint density at radius 1 is 1.29 bits per heavy atom. The second kappa shape index (κ2) is 5.79. The summed E-state index contributed by atoms with van der Waals surface area (Å²) in [6.07, 6.45) is -5.13. The summed E-state index contributed by atoms with van der Waals surface area (Å²) in [5.41, 5.74) is 2.64. The second-order valence-corrected chi connectivity index (χ2v) is 5.13. The lowest BCUT2D eigenvalue weighted by atomic mass is 10.1. The van der Waals surface area contributed by atoms with E-state index in [1.807, 2.05) is 31.2 Å². The highest BCUT2D eigenvalue weighted by Crippen LogP contribution is 2.23. The molecule has 1 heterocycles. The van der Waals surface area contributed by atoms with Crippen LogP contribution in [0.4, 0.5) is 13.2 Å². The molecule has 0 bridgehead atoms. The lowest BCUT2D eigenvalue weighted by Crippen LogP contribution is -2.31. The van der Waals surface area contributed by atoms with Gasteiger partial charge in [0.15, 0.2) is 0 Å². The van der Waals surface area contributed by atoms with Gasteiger partial charge in [-0.15, -0.1) is 0 Å². The SMILES string of the molecule is Cc1[nH]c2ccccc2c1CC(=O)N(C)CCC(F)(F)F. The molecule has 1 N–H and O–H groups in total. The van der Waals surface area contributed by atoms with Gasteiger partial charge in [-0.2, -0.15) is 13.2 Å². The van der Waals surface area contributed by atoms with Crippen LogP contribution in [-0.4, -0.2) is 35.6 Å². The molecule has 0 spiro atoms. The molecular formula is C15H17F3N2O. The number of hydrogen-bond acceptors (Lipinski definition) is 1. The van der Waals surface area contributed by atoms with Gasteiger partial charge < -0.3 is 9.88 Å². The molecule has 0 aliphatic heterocycles. The van der Waals surface area contributed by atoms with Gasteiger partial charge in [-0.25, -0.2) is 0 Å². The Labute approximate surface area is 120 Å². The van der Waals surface area contributed by atoms with Gasteiger partial charge in [0.05, 0.1) is 12.8 Å². The number of alkyl halides is 3. The van der Waals surface area contributed by atoms with Crippen LogP contribution < -0.4 is 0 Å². The minimum Gasteiger partial charge on any atom is -0.358 e. The van der Waals surface area contributed by atoms with Gasteiger partial charge in [-0.3, -0.25) is 4.79 Å². The van der Waals surface area contributed by atoms with E-state index in [0.29, 0.717) is 0 Å². The number of nitrogens with zero attached hydrogens (tertiary/aromatic N) is 1. The van der Waals surface area contributed by atoms with E-state index in [1.165, 1.54) is 7.05 Å². The summed E-state index contributed by atoms with van der Waals surface area (Å²) in [6.45, 7) is 1.54. The first-order valence-corrected chi connectivity index (χ1v) is 6.65. The molecule has 1 aromatic heterocycles. The molecule has 0 saturated heterocycles. The van der Waals surface area contributed by atoms with E-state index in [9.17, 15) is 18.0 Å². The van der Waals surface area contributed by atoms with Crippen LogP contribution in [0.25, 0.3) is 10.9 Å². The van der Waals surface area contributed by atoms with E-state index in [0.717, 1.165) is 27.1 Å². The fraction of sp³-hybridized carbons (Fsp3) is 0.400. The molecule has 1 amide bonds. The largest absolute Gasteiger partial charge is 0.390 e. The maximum atomic E-state index is 12.2. The van der Waals surface area contributed by atoms with Crippen molar-refractivity contribution in [2.45, 2.75) is 25.9 Å². The first-order chi connectivity index (χ1) is 9.78. The summed E-state index contributed by atoms with van der Waals surface area (Å²) in [5.74, 6) is -0.313. The van der Waals surface area contributed by atoms with Crippen molar-refractivity contribution in [3.8, 4) is 0 Å². The monoisotopic (exact) mass is 298 g/mol. The van der Waals surface area contributed by atoms with Gasteiger partial charge in [0.2, 0.25) is 5.91 Å². The van der Waals surface area contributed by atoms with Gasteiger partial charge in [-0.05, 0) is 18.6 Å². The number of aromatic nitrogens is 1. The third-order valence-electron chi connectivity index (χ3n) is 3.51. The van der Waals surface area contributed by atoms with Gasteiger partial charge >= 0.3 is 6.18 Å². The number of halogens is 3. The topological polar surface area (TPSA) is 36.1 Å².